The summed E-state index contributed by atoms with van der Waals surface area (Å²) in [6.07, 6.45) is 6.18. The number of hydrogen-bond donors (Lipinski definition) is 2. The number of guanidine groups is 1. The van der Waals surface area contributed by atoms with Crippen LogP contribution in [0.3, 0.4) is 0 Å². The number of unbranched alkanes of at least 4 members (excludes halogenated alkanes) is 1. The number of nitrogens with one attached hydrogen (secondary N) is 2. The predicted molar refractivity (Wildman–Crippen MR) is 115 cm³/mol. The van der Waals surface area contributed by atoms with Crippen LogP contribution in [0.1, 0.15) is 41.3 Å². The summed E-state index contributed by atoms with van der Waals surface area (Å²) >= 11 is 1.79. The highest BCUT2D eigenvalue weighted by molar-refractivity contribution is 14.0. The molecule has 138 valence electrons. The fraction of sp³-hybridized carbons (Fsp3) is 0.765. The number of aliphatic imine (C=N–C) groups is 1. The molecule has 1 aliphatic heterocycles. The molecule has 0 aromatic carbocycles. The van der Waals surface area contributed by atoms with E-state index in [1.54, 1.807) is 11.3 Å². The van der Waals surface area contributed by atoms with Crippen molar-refractivity contribution in [1.82, 2.24) is 20.5 Å². The Hall–Kier alpha value is -0.410. The minimum atomic E-state index is 0. The van der Waals surface area contributed by atoms with E-state index in [0.717, 1.165) is 31.2 Å². The van der Waals surface area contributed by atoms with E-state index in [0.29, 0.717) is 0 Å². The lowest BCUT2D eigenvalue weighted by atomic mass is 10.3. The Morgan fingerprint density at radius 2 is 1.88 bits per heavy atom. The smallest absolute Gasteiger partial charge is 0.190 e. The fourth-order valence-electron chi connectivity index (χ4n) is 2.83. The van der Waals surface area contributed by atoms with Gasteiger partial charge in [-0.05, 0) is 59.2 Å². The first-order chi connectivity index (χ1) is 11.2. The molecule has 2 rings (SSSR count). The molecule has 24 heavy (non-hydrogen) atoms. The Kier molecular flexibility index (Phi) is 10.8. The van der Waals surface area contributed by atoms with Gasteiger partial charge in [-0.15, -0.1) is 35.3 Å². The molecule has 2 heterocycles. The van der Waals surface area contributed by atoms with Crippen LogP contribution < -0.4 is 10.6 Å². The summed E-state index contributed by atoms with van der Waals surface area (Å²) in [6.45, 7) is 9.91. The SMILES string of the molecule is CN=C(NCCCCN1CCCC1)NCCc1nc(C)c(C)s1.I. The van der Waals surface area contributed by atoms with Gasteiger partial charge in [-0.3, -0.25) is 4.99 Å². The van der Waals surface area contributed by atoms with Crippen molar-refractivity contribution in [1.29, 1.82) is 0 Å². The van der Waals surface area contributed by atoms with Crippen LogP contribution >= 0.6 is 35.3 Å². The lowest BCUT2D eigenvalue weighted by Gasteiger charge is -2.15. The fourth-order valence-corrected chi connectivity index (χ4v) is 3.76. The molecule has 1 aromatic rings. The molecule has 0 unspecified atom stereocenters. The van der Waals surface area contributed by atoms with Crippen LogP contribution in [-0.4, -0.2) is 55.6 Å². The number of hydrogen-bond acceptors (Lipinski definition) is 4. The Morgan fingerprint density at radius 3 is 2.50 bits per heavy atom. The lowest BCUT2D eigenvalue weighted by molar-refractivity contribution is 0.330. The average molecular weight is 465 g/mol. The van der Waals surface area contributed by atoms with E-state index < -0.39 is 0 Å². The molecule has 5 nitrogen and oxygen atoms in total. The standard InChI is InChI=1S/C17H31N5S.HI/c1-14-15(2)23-16(21-14)8-10-20-17(18-3)19-9-4-5-11-22-12-6-7-13-22;/h4-13H2,1-3H3,(H2,18,19,20);1H. The first kappa shape index (κ1) is 21.6. The molecule has 1 saturated heterocycles. The third-order valence-corrected chi connectivity index (χ3v) is 5.45. The van der Waals surface area contributed by atoms with Gasteiger partial charge in [-0.2, -0.15) is 0 Å². The highest BCUT2D eigenvalue weighted by atomic mass is 127. The number of halogens is 1. The van der Waals surface area contributed by atoms with Gasteiger partial charge in [0.15, 0.2) is 5.96 Å². The molecule has 1 fully saturated rings. The maximum Gasteiger partial charge on any atom is 0.190 e. The molecule has 0 atom stereocenters. The quantitative estimate of drug-likeness (QED) is 0.268. The van der Waals surface area contributed by atoms with Crippen LogP contribution in [0.25, 0.3) is 0 Å². The molecule has 0 bridgehead atoms. The molecule has 1 aliphatic rings. The number of thiazole rings is 1. The number of likely N-dealkylation sites (tertiary alicyclic amines) is 1. The van der Waals surface area contributed by atoms with Crippen LogP contribution in [0.15, 0.2) is 4.99 Å². The summed E-state index contributed by atoms with van der Waals surface area (Å²) in [4.78, 5) is 12.7. The maximum atomic E-state index is 4.57. The molecule has 0 saturated carbocycles. The number of rotatable bonds is 8. The monoisotopic (exact) mass is 465 g/mol. The van der Waals surface area contributed by atoms with Crippen molar-refractivity contribution in [3.63, 3.8) is 0 Å². The van der Waals surface area contributed by atoms with Crippen molar-refractivity contribution in [2.24, 2.45) is 4.99 Å². The van der Waals surface area contributed by atoms with E-state index >= 15 is 0 Å². The number of aromatic nitrogens is 1. The zero-order valence-corrected chi connectivity index (χ0v) is 18.4. The van der Waals surface area contributed by atoms with E-state index in [4.69, 9.17) is 0 Å². The largest absolute Gasteiger partial charge is 0.356 e. The van der Waals surface area contributed by atoms with Gasteiger partial charge in [-0.25, -0.2) is 4.98 Å². The van der Waals surface area contributed by atoms with E-state index in [1.165, 1.54) is 55.2 Å². The summed E-state index contributed by atoms with van der Waals surface area (Å²) < 4.78 is 0. The van der Waals surface area contributed by atoms with E-state index in [-0.39, 0.29) is 24.0 Å². The van der Waals surface area contributed by atoms with Crippen LogP contribution in [0.2, 0.25) is 0 Å². The van der Waals surface area contributed by atoms with Crippen molar-refractivity contribution in [2.75, 3.05) is 39.8 Å². The van der Waals surface area contributed by atoms with Crippen LogP contribution in [0.4, 0.5) is 0 Å². The van der Waals surface area contributed by atoms with Gasteiger partial charge in [0.1, 0.15) is 0 Å². The maximum absolute atomic E-state index is 4.57. The van der Waals surface area contributed by atoms with Crippen LogP contribution in [-0.2, 0) is 6.42 Å². The number of aryl methyl sites for hydroxylation is 2. The van der Waals surface area contributed by atoms with Crippen LogP contribution in [0, 0.1) is 13.8 Å². The van der Waals surface area contributed by atoms with Gasteiger partial charge < -0.3 is 15.5 Å². The molecule has 0 aliphatic carbocycles. The van der Waals surface area contributed by atoms with Crippen LogP contribution in [0.5, 0.6) is 0 Å². The molecular formula is C17H32IN5S. The van der Waals surface area contributed by atoms with Crippen molar-refractivity contribution in [3.05, 3.63) is 15.6 Å². The third-order valence-electron chi connectivity index (χ3n) is 4.32. The molecule has 2 N–H and O–H groups in total. The second kappa shape index (κ2) is 12.0. The number of nitrogens with zero attached hydrogens (tertiary/aromatic N) is 3. The summed E-state index contributed by atoms with van der Waals surface area (Å²) in [5, 5.41) is 7.98. The first-order valence-electron chi connectivity index (χ1n) is 8.79. The molecule has 0 spiro atoms. The Bertz CT molecular complexity index is 478. The Labute approximate surface area is 167 Å². The summed E-state index contributed by atoms with van der Waals surface area (Å²) in [7, 11) is 1.83. The second-order valence-corrected chi connectivity index (χ2v) is 7.47. The molecule has 0 radical (unpaired) electrons. The average Bonchev–Trinajstić information content (AvgIpc) is 3.16. The van der Waals surface area contributed by atoms with E-state index in [9.17, 15) is 0 Å². The normalized spacial score (nSPS) is 15.4. The minimum absolute atomic E-state index is 0. The summed E-state index contributed by atoms with van der Waals surface area (Å²) in [6, 6.07) is 0. The predicted octanol–water partition coefficient (Wildman–Crippen LogP) is 2.96. The molecule has 0 amide bonds. The zero-order valence-electron chi connectivity index (χ0n) is 15.2. The van der Waals surface area contributed by atoms with Gasteiger partial charge in [0.2, 0.25) is 0 Å². The third kappa shape index (κ3) is 7.65. The highest BCUT2D eigenvalue weighted by Gasteiger charge is 2.10. The molecule has 7 heteroatoms. The van der Waals surface area contributed by atoms with Crippen molar-refractivity contribution < 1.29 is 0 Å². The van der Waals surface area contributed by atoms with Gasteiger partial charge in [0, 0.05) is 31.4 Å². The van der Waals surface area contributed by atoms with E-state index in [1.807, 2.05) is 7.05 Å². The van der Waals surface area contributed by atoms with Gasteiger partial charge in [0.05, 0.1) is 10.7 Å². The summed E-state index contributed by atoms with van der Waals surface area (Å²) in [5.74, 6) is 0.899. The topological polar surface area (TPSA) is 52.6 Å². The molecule has 1 aromatic heterocycles. The van der Waals surface area contributed by atoms with Crippen molar-refractivity contribution in [2.45, 2.75) is 46.0 Å². The summed E-state index contributed by atoms with van der Waals surface area (Å²) in [5.41, 5.74) is 1.16. The Morgan fingerprint density at radius 1 is 1.17 bits per heavy atom. The minimum Gasteiger partial charge on any atom is -0.356 e. The van der Waals surface area contributed by atoms with Gasteiger partial charge in [0.25, 0.3) is 0 Å². The second-order valence-electron chi connectivity index (χ2n) is 6.18. The highest BCUT2D eigenvalue weighted by Crippen LogP contribution is 2.16. The Balaban J connectivity index is 0.00000288. The van der Waals surface area contributed by atoms with E-state index in [2.05, 4.69) is 39.4 Å². The lowest BCUT2D eigenvalue weighted by Crippen LogP contribution is -2.38. The zero-order chi connectivity index (χ0) is 16.5. The van der Waals surface area contributed by atoms with Crippen molar-refractivity contribution in [3.8, 4) is 0 Å². The van der Waals surface area contributed by atoms with Crippen molar-refractivity contribution >= 4 is 41.3 Å². The van der Waals surface area contributed by atoms with Gasteiger partial charge >= 0.3 is 0 Å². The van der Waals surface area contributed by atoms with Gasteiger partial charge in [-0.1, -0.05) is 0 Å². The molecular weight excluding hydrogens is 433 g/mol. The first-order valence-corrected chi connectivity index (χ1v) is 9.60.